The first-order valence-corrected chi connectivity index (χ1v) is 8.95. The summed E-state index contributed by atoms with van der Waals surface area (Å²) >= 11 is 0. The SMILES string of the molecule is O=C(O)/C=C/c1ccc(-c2ccc(O)c(CC3CCCCC3)c2)cc1. The molecule has 0 spiro atoms. The number of phenolic OH excluding ortho intramolecular Hbond substituents is 1. The molecule has 2 aromatic rings. The van der Waals surface area contributed by atoms with Crippen LogP contribution in [0.15, 0.2) is 48.5 Å². The number of aliphatic carboxylic acids is 1. The molecule has 0 radical (unpaired) electrons. The Bertz CT molecular complexity index is 753. The predicted octanol–water partition coefficient (Wildman–Crippen LogP) is 5.28. The molecule has 0 aromatic heterocycles. The fourth-order valence-electron chi connectivity index (χ4n) is 3.59. The molecule has 0 unspecified atom stereocenters. The van der Waals surface area contributed by atoms with Gasteiger partial charge in [0.2, 0.25) is 0 Å². The Morgan fingerprint density at radius 1 is 1.00 bits per heavy atom. The number of hydrogen-bond donors (Lipinski definition) is 2. The second-order valence-electron chi connectivity index (χ2n) is 6.85. The summed E-state index contributed by atoms with van der Waals surface area (Å²) in [6, 6.07) is 13.6. The van der Waals surface area contributed by atoms with E-state index in [1.54, 1.807) is 12.1 Å². The minimum atomic E-state index is -0.949. The molecule has 1 aliphatic rings. The van der Waals surface area contributed by atoms with Crippen molar-refractivity contribution in [2.75, 3.05) is 0 Å². The minimum Gasteiger partial charge on any atom is -0.508 e. The number of carbonyl (C=O) groups is 1. The molecule has 0 bridgehead atoms. The van der Waals surface area contributed by atoms with Crippen molar-refractivity contribution in [1.82, 2.24) is 0 Å². The molecule has 0 heterocycles. The molecule has 25 heavy (non-hydrogen) atoms. The summed E-state index contributed by atoms with van der Waals surface area (Å²) in [7, 11) is 0. The maximum Gasteiger partial charge on any atom is 0.328 e. The van der Waals surface area contributed by atoms with Gasteiger partial charge in [-0.15, -0.1) is 0 Å². The van der Waals surface area contributed by atoms with E-state index in [0.29, 0.717) is 11.7 Å². The Hall–Kier alpha value is -2.55. The quantitative estimate of drug-likeness (QED) is 0.730. The number of carboxylic acids is 1. The van der Waals surface area contributed by atoms with Crippen LogP contribution in [0.2, 0.25) is 0 Å². The number of aromatic hydroxyl groups is 1. The third-order valence-corrected chi connectivity index (χ3v) is 4.98. The Morgan fingerprint density at radius 2 is 1.68 bits per heavy atom. The van der Waals surface area contributed by atoms with Crippen LogP contribution in [0.1, 0.15) is 43.2 Å². The third-order valence-electron chi connectivity index (χ3n) is 4.98. The molecule has 130 valence electrons. The van der Waals surface area contributed by atoms with E-state index in [0.717, 1.165) is 34.8 Å². The average Bonchev–Trinajstić information content (AvgIpc) is 2.63. The average molecular weight is 336 g/mol. The van der Waals surface area contributed by atoms with Gasteiger partial charge in [0.15, 0.2) is 0 Å². The van der Waals surface area contributed by atoms with E-state index in [1.807, 2.05) is 30.3 Å². The highest BCUT2D eigenvalue weighted by Gasteiger charge is 2.16. The zero-order valence-electron chi connectivity index (χ0n) is 14.3. The van der Waals surface area contributed by atoms with Crippen molar-refractivity contribution >= 4 is 12.0 Å². The number of phenols is 1. The van der Waals surface area contributed by atoms with Crippen LogP contribution in [-0.4, -0.2) is 16.2 Å². The normalized spacial score (nSPS) is 15.5. The first-order valence-electron chi connectivity index (χ1n) is 8.95. The van der Waals surface area contributed by atoms with Gasteiger partial charge in [-0.05, 0) is 52.8 Å². The molecule has 1 fully saturated rings. The Morgan fingerprint density at radius 3 is 2.36 bits per heavy atom. The zero-order chi connectivity index (χ0) is 17.6. The van der Waals surface area contributed by atoms with Gasteiger partial charge in [-0.3, -0.25) is 0 Å². The molecule has 3 nitrogen and oxygen atoms in total. The lowest BCUT2D eigenvalue weighted by Crippen LogP contribution is -2.09. The lowest BCUT2D eigenvalue weighted by molar-refractivity contribution is -0.131. The maximum absolute atomic E-state index is 10.6. The van der Waals surface area contributed by atoms with Crippen LogP contribution in [0.5, 0.6) is 5.75 Å². The van der Waals surface area contributed by atoms with Crippen LogP contribution < -0.4 is 0 Å². The molecular weight excluding hydrogens is 312 g/mol. The molecule has 1 saturated carbocycles. The van der Waals surface area contributed by atoms with E-state index < -0.39 is 5.97 Å². The highest BCUT2D eigenvalue weighted by atomic mass is 16.4. The van der Waals surface area contributed by atoms with Crippen LogP contribution in [-0.2, 0) is 11.2 Å². The third kappa shape index (κ3) is 4.72. The van der Waals surface area contributed by atoms with Crippen LogP contribution in [0.3, 0.4) is 0 Å². The summed E-state index contributed by atoms with van der Waals surface area (Å²) in [5.74, 6) is 0.115. The zero-order valence-corrected chi connectivity index (χ0v) is 14.3. The fraction of sp³-hybridized carbons (Fsp3) is 0.318. The molecule has 3 heteroatoms. The standard InChI is InChI=1S/C22H24O3/c23-21-12-11-19(15-20(21)14-17-4-2-1-3-5-17)18-9-6-16(7-10-18)8-13-22(24)25/h6-13,15,17,23H,1-5,14H2,(H,24,25)/b13-8+. The summed E-state index contributed by atoms with van der Waals surface area (Å²) in [6.45, 7) is 0. The van der Waals surface area contributed by atoms with E-state index in [2.05, 4.69) is 6.07 Å². The van der Waals surface area contributed by atoms with Gasteiger partial charge in [-0.1, -0.05) is 62.4 Å². The lowest BCUT2D eigenvalue weighted by Gasteiger charge is -2.22. The predicted molar refractivity (Wildman–Crippen MR) is 100 cm³/mol. The first kappa shape index (κ1) is 17.3. The van der Waals surface area contributed by atoms with Gasteiger partial charge < -0.3 is 10.2 Å². The maximum atomic E-state index is 10.6. The van der Waals surface area contributed by atoms with Gasteiger partial charge in [0.25, 0.3) is 0 Å². The molecule has 0 amide bonds. The van der Waals surface area contributed by atoms with Crippen molar-refractivity contribution in [3.63, 3.8) is 0 Å². The van der Waals surface area contributed by atoms with Crippen molar-refractivity contribution in [2.24, 2.45) is 5.92 Å². The molecule has 2 N–H and O–H groups in total. The monoisotopic (exact) mass is 336 g/mol. The molecule has 2 aromatic carbocycles. The Kier molecular flexibility index (Phi) is 5.54. The molecule has 0 saturated heterocycles. The molecular formula is C22H24O3. The Balaban J connectivity index is 1.77. The van der Waals surface area contributed by atoms with Gasteiger partial charge >= 0.3 is 5.97 Å². The Labute approximate surface area is 148 Å². The van der Waals surface area contributed by atoms with Gasteiger partial charge in [0, 0.05) is 6.08 Å². The number of benzene rings is 2. The summed E-state index contributed by atoms with van der Waals surface area (Å²) in [6.07, 6.45) is 10.1. The van der Waals surface area contributed by atoms with E-state index in [9.17, 15) is 9.90 Å². The summed E-state index contributed by atoms with van der Waals surface area (Å²) in [5.41, 5.74) is 4.03. The molecule has 0 aliphatic heterocycles. The first-order chi connectivity index (χ1) is 12.1. The van der Waals surface area contributed by atoms with Gasteiger partial charge in [0.1, 0.15) is 5.75 Å². The van der Waals surface area contributed by atoms with Crippen molar-refractivity contribution in [2.45, 2.75) is 38.5 Å². The van der Waals surface area contributed by atoms with Crippen LogP contribution in [0.25, 0.3) is 17.2 Å². The largest absolute Gasteiger partial charge is 0.508 e. The van der Waals surface area contributed by atoms with Gasteiger partial charge in [-0.2, -0.15) is 0 Å². The lowest BCUT2D eigenvalue weighted by atomic mass is 9.84. The van der Waals surface area contributed by atoms with Crippen molar-refractivity contribution in [3.8, 4) is 16.9 Å². The van der Waals surface area contributed by atoms with Crippen molar-refractivity contribution in [3.05, 3.63) is 59.7 Å². The van der Waals surface area contributed by atoms with Crippen LogP contribution in [0, 0.1) is 5.92 Å². The number of carboxylic acid groups (broad SMARTS) is 1. The smallest absolute Gasteiger partial charge is 0.328 e. The fourth-order valence-corrected chi connectivity index (χ4v) is 3.59. The van der Waals surface area contributed by atoms with E-state index in [4.69, 9.17) is 5.11 Å². The van der Waals surface area contributed by atoms with Crippen molar-refractivity contribution in [1.29, 1.82) is 0 Å². The van der Waals surface area contributed by atoms with Crippen LogP contribution >= 0.6 is 0 Å². The van der Waals surface area contributed by atoms with E-state index in [-0.39, 0.29) is 0 Å². The molecule has 0 atom stereocenters. The van der Waals surface area contributed by atoms with E-state index in [1.165, 1.54) is 32.1 Å². The van der Waals surface area contributed by atoms with E-state index >= 15 is 0 Å². The van der Waals surface area contributed by atoms with Gasteiger partial charge in [-0.25, -0.2) is 4.79 Å². The topological polar surface area (TPSA) is 57.5 Å². The highest BCUT2D eigenvalue weighted by Crippen LogP contribution is 2.32. The molecule has 1 aliphatic carbocycles. The number of hydrogen-bond acceptors (Lipinski definition) is 2. The summed E-state index contributed by atoms with van der Waals surface area (Å²) in [4.78, 5) is 10.6. The molecule has 3 rings (SSSR count). The second kappa shape index (κ2) is 8.02. The number of rotatable bonds is 5. The van der Waals surface area contributed by atoms with Crippen LogP contribution in [0.4, 0.5) is 0 Å². The summed E-state index contributed by atoms with van der Waals surface area (Å²) in [5, 5.41) is 18.9. The summed E-state index contributed by atoms with van der Waals surface area (Å²) < 4.78 is 0. The highest BCUT2D eigenvalue weighted by molar-refractivity contribution is 5.85. The van der Waals surface area contributed by atoms with Gasteiger partial charge in [0.05, 0.1) is 0 Å². The van der Waals surface area contributed by atoms with Crippen molar-refractivity contribution < 1.29 is 15.0 Å². The second-order valence-corrected chi connectivity index (χ2v) is 6.85. The minimum absolute atomic E-state index is 0.385.